The second-order valence-electron chi connectivity index (χ2n) is 0. The summed E-state index contributed by atoms with van der Waals surface area (Å²) in [6.45, 7) is 0. The number of rotatable bonds is 0. The molecule has 0 amide bonds. The first-order valence-corrected chi connectivity index (χ1v) is 0. The molecule has 0 N–H and O–H groups in total. The van der Waals surface area contributed by atoms with Crippen molar-refractivity contribution in [3.63, 3.8) is 0 Å². The van der Waals surface area contributed by atoms with Gasteiger partial charge in [0.25, 0.3) is 0 Å². The summed E-state index contributed by atoms with van der Waals surface area (Å²) in [5.74, 6) is 0. The van der Waals surface area contributed by atoms with Gasteiger partial charge in [0.1, 0.15) is 0 Å². The molecule has 0 bridgehead atoms. The van der Waals surface area contributed by atoms with Crippen molar-refractivity contribution in [1.29, 1.82) is 0 Å². The van der Waals surface area contributed by atoms with Gasteiger partial charge in [-0.15, -0.1) is 0 Å². The van der Waals surface area contributed by atoms with E-state index in [2.05, 4.69) is 0 Å². The maximum Gasteiger partial charge on any atom is 3.00 e. The first-order chi connectivity index (χ1) is 0. The quantitative estimate of drug-likeness (QED) is 0.498. The van der Waals surface area contributed by atoms with Gasteiger partial charge >= 0.3 is 104 Å². The van der Waals surface area contributed by atoms with Crippen LogP contribution in [-0.4, -0.2) is 43.2 Å². The van der Waals surface area contributed by atoms with Crippen LogP contribution in [0.25, 0.3) is 0 Å². The maximum atomic E-state index is 0. The molecule has 1 nitrogen and oxygen atoms in total. The molecular weight excluding hydrogens is 367 g/mol. The molecule has 0 fully saturated rings. The number of hydrogen-bond acceptors (Lipinski definition) is 0. The molecule has 0 aromatic rings. The zero-order valence-electron chi connectivity index (χ0n) is 2.77. The summed E-state index contributed by atoms with van der Waals surface area (Å²) in [4.78, 5) is 0. The molecular formula is AlInNdOZn+9. The Kier molecular flexibility index (Phi) is 213. The monoisotopic (exact) mass is 364 g/mol. The molecule has 9 valence electrons. The summed E-state index contributed by atoms with van der Waals surface area (Å²) in [7, 11) is 0. The van der Waals surface area contributed by atoms with E-state index in [0.717, 1.165) is 0 Å². The van der Waals surface area contributed by atoms with Crippen LogP contribution in [0.4, 0.5) is 0 Å². The fraction of sp³-hybridized carbons (Fsp3) is 0. The van der Waals surface area contributed by atoms with Crippen LogP contribution in [0.2, 0.25) is 0 Å². The van der Waals surface area contributed by atoms with Crippen LogP contribution >= 0.6 is 0 Å². The fourth-order valence-electron chi connectivity index (χ4n) is 0. The Hall–Kier alpha value is 3.34. The van der Waals surface area contributed by atoms with Gasteiger partial charge < -0.3 is 5.48 Å². The summed E-state index contributed by atoms with van der Waals surface area (Å²) < 4.78 is 0. The topological polar surface area (TPSA) is 28.5 Å². The standard InChI is InChI=1S/Al.In.Nd.O.Zn/q3*+3;-2;+2. The molecule has 0 saturated heterocycles. The Labute approximate surface area is 107 Å². The fourth-order valence-corrected chi connectivity index (χ4v) is 0. The van der Waals surface area contributed by atoms with E-state index in [-0.39, 0.29) is 109 Å². The van der Waals surface area contributed by atoms with Gasteiger partial charge in [0, 0.05) is 0 Å². The van der Waals surface area contributed by atoms with E-state index >= 15 is 0 Å². The minimum atomic E-state index is 0. The van der Waals surface area contributed by atoms with E-state index in [4.69, 9.17) is 0 Å². The van der Waals surface area contributed by atoms with Crippen LogP contribution in [0.15, 0.2) is 0 Å². The second-order valence-corrected chi connectivity index (χ2v) is 0. The first kappa shape index (κ1) is 40.3. The van der Waals surface area contributed by atoms with E-state index in [9.17, 15) is 0 Å². The summed E-state index contributed by atoms with van der Waals surface area (Å²) in [5.41, 5.74) is 0. The summed E-state index contributed by atoms with van der Waals surface area (Å²) in [6.07, 6.45) is 0. The van der Waals surface area contributed by atoms with Crippen LogP contribution in [0, 0.1) is 40.8 Å². The molecule has 0 aromatic heterocycles. The average molecular weight is 367 g/mol. The van der Waals surface area contributed by atoms with Crippen molar-refractivity contribution < 1.29 is 65.8 Å². The minimum absolute atomic E-state index is 0. The Morgan fingerprint density at radius 3 is 1.00 bits per heavy atom. The van der Waals surface area contributed by atoms with Gasteiger partial charge in [0.05, 0.1) is 0 Å². The minimum Gasteiger partial charge on any atom is -2.00 e. The molecule has 5 heavy (non-hydrogen) atoms. The van der Waals surface area contributed by atoms with Gasteiger partial charge in [-0.1, -0.05) is 0 Å². The summed E-state index contributed by atoms with van der Waals surface area (Å²) in [5, 5.41) is 0. The number of hydrogen-bond donors (Lipinski definition) is 0. The first-order valence-electron chi connectivity index (χ1n) is 0. The van der Waals surface area contributed by atoms with E-state index in [1.165, 1.54) is 0 Å². The Balaban J connectivity index is 0. The summed E-state index contributed by atoms with van der Waals surface area (Å²) >= 11 is 0. The third-order valence-electron chi connectivity index (χ3n) is 0. The van der Waals surface area contributed by atoms with Gasteiger partial charge in [-0.05, 0) is 0 Å². The van der Waals surface area contributed by atoms with E-state index in [0.29, 0.717) is 0 Å². The van der Waals surface area contributed by atoms with Crippen molar-refractivity contribution in [2.24, 2.45) is 0 Å². The smallest absolute Gasteiger partial charge is 2.00 e. The average Bonchev–Trinajstić information content (AvgIpc) is 0. The third-order valence-corrected chi connectivity index (χ3v) is 0. The molecule has 0 unspecified atom stereocenters. The molecule has 0 saturated carbocycles. The van der Waals surface area contributed by atoms with Crippen molar-refractivity contribution in [2.75, 3.05) is 0 Å². The van der Waals surface area contributed by atoms with Crippen LogP contribution in [0.5, 0.6) is 0 Å². The molecule has 0 aliphatic heterocycles. The molecule has 0 rings (SSSR count). The summed E-state index contributed by atoms with van der Waals surface area (Å²) in [6, 6.07) is 0. The zero-order valence-corrected chi connectivity index (χ0v) is 13.4. The normalized spacial score (nSPS) is 0. The second kappa shape index (κ2) is 26.5. The largest absolute Gasteiger partial charge is 3.00 e. The van der Waals surface area contributed by atoms with Crippen molar-refractivity contribution in [3.8, 4) is 0 Å². The van der Waals surface area contributed by atoms with Crippen molar-refractivity contribution >= 4 is 43.2 Å². The molecule has 0 atom stereocenters. The van der Waals surface area contributed by atoms with Gasteiger partial charge in [-0.2, -0.15) is 0 Å². The van der Waals surface area contributed by atoms with E-state index in [1.54, 1.807) is 0 Å². The van der Waals surface area contributed by atoms with Crippen molar-refractivity contribution in [1.82, 2.24) is 0 Å². The van der Waals surface area contributed by atoms with Crippen LogP contribution in [-0.2, 0) is 25.0 Å². The molecule has 0 aliphatic rings. The zero-order chi connectivity index (χ0) is 0. The van der Waals surface area contributed by atoms with E-state index in [1.807, 2.05) is 0 Å². The van der Waals surface area contributed by atoms with Crippen LogP contribution < -0.4 is 0 Å². The van der Waals surface area contributed by atoms with Crippen LogP contribution in [0.3, 0.4) is 0 Å². The van der Waals surface area contributed by atoms with Gasteiger partial charge in [-0.25, -0.2) is 0 Å². The van der Waals surface area contributed by atoms with Gasteiger partial charge in [0.2, 0.25) is 0 Å². The third kappa shape index (κ3) is 18.8. The molecule has 0 heterocycles. The Morgan fingerprint density at radius 1 is 1.00 bits per heavy atom. The molecule has 0 spiro atoms. The van der Waals surface area contributed by atoms with Crippen molar-refractivity contribution in [2.45, 2.75) is 0 Å². The molecule has 1 radical (unpaired) electrons. The molecule has 0 aliphatic carbocycles. The van der Waals surface area contributed by atoms with E-state index < -0.39 is 0 Å². The van der Waals surface area contributed by atoms with Gasteiger partial charge in [0.15, 0.2) is 0 Å². The van der Waals surface area contributed by atoms with Gasteiger partial charge in [-0.3, -0.25) is 0 Å². The SMILES string of the molecule is [Al+3].[In+3].[Nd+3].[O-2].[Zn+2]. The Morgan fingerprint density at radius 2 is 1.00 bits per heavy atom. The predicted octanol–water partition coefficient (Wildman–Crippen LogP) is -0.883. The molecule has 5 heteroatoms. The predicted molar refractivity (Wildman–Crippen MR) is 12.2 cm³/mol. The maximum absolute atomic E-state index is 0. The van der Waals surface area contributed by atoms with Crippen LogP contribution in [0.1, 0.15) is 0 Å². The Bertz CT molecular complexity index is 11.6. The molecule has 0 aromatic carbocycles. The van der Waals surface area contributed by atoms with Crippen molar-refractivity contribution in [3.05, 3.63) is 0 Å².